The van der Waals surface area contributed by atoms with Gasteiger partial charge in [-0.05, 0) is 50.9 Å². The van der Waals surface area contributed by atoms with Crippen molar-refractivity contribution in [1.29, 1.82) is 0 Å². The molecule has 0 spiro atoms. The Kier molecular flexibility index (Phi) is 3.95. The zero-order valence-electron chi connectivity index (χ0n) is 11.4. The number of carbonyl (C=O) groups excluding carboxylic acids is 1. The first-order chi connectivity index (χ1) is 8.47. The van der Waals surface area contributed by atoms with Gasteiger partial charge in [0, 0.05) is 13.1 Å². The molecule has 1 unspecified atom stereocenters. The van der Waals surface area contributed by atoms with Crippen molar-refractivity contribution in [2.24, 2.45) is 23.0 Å². The standard InChI is InChI=1S/C14H24N2OS/c1-3-14(2,12(15)18)13(17)16(8-10-4-5-10)9-11-6-7-11/h10-11H,3-9H2,1-2H3,(H2,15,18). The predicted molar refractivity (Wildman–Crippen MR) is 77.2 cm³/mol. The van der Waals surface area contributed by atoms with Gasteiger partial charge in [0.25, 0.3) is 0 Å². The molecule has 3 nitrogen and oxygen atoms in total. The molecule has 2 saturated carbocycles. The highest BCUT2D eigenvalue weighted by molar-refractivity contribution is 7.80. The lowest BCUT2D eigenvalue weighted by Crippen LogP contribution is -2.49. The molecule has 0 saturated heterocycles. The largest absolute Gasteiger partial charge is 0.392 e. The molecular weight excluding hydrogens is 244 g/mol. The van der Waals surface area contributed by atoms with Gasteiger partial charge >= 0.3 is 0 Å². The summed E-state index contributed by atoms with van der Waals surface area (Å²) in [6.45, 7) is 5.70. The van der Waals surface area contributed by atoms with Crippen LogP contribution in [-0.4, -0.2) is 28.9 Å². The van der Waals surface area contributed by atoms with Crippen LogP contribution in [0.4, 0.5) is 0 Å². The summed E-state index contributed by atoms with van der Waals surface area (Å²) in [7, 11) is 0. The molecule has 1 amide bonds. The summed E-state index contributed by atoms with van der Waals surface area (Å²) in [5.41, 5.74) is 5.14. The molecule has 0 aromatic rings. The third-order valence-electron chi connectivity index (χ3n) is 4.36. The lowest BCUT2D eigenvalue weighted by Gasteiger charge is -2.33. The van der Waals surface area contributed by atoms with Crippen LogP contribution < -0.4 is 5.73 Å². The molecule has 0 aromatic carbocycles. The summed E-state index contributed by atoms with van der Waals surface area (Å²) in [6, 6.07) is 0. The Morgan fingerprint density at radius 1 is 1.28 bits per heavy atom. The smallest absolute Gasteiger partial charge is 0.235 e. The average molecular weight is 268 g/mol. The molecular formula is C14H24N2OS. The van der Waals surface area contributed by atoms with E-state index in [4.69, 9.17) is 18.0 Å². The second-order valence-electron chi connectivity index (χ2n) is 6.15. The van der Waals surface area contributed by atoms with Crippen molar-refractivity contribution in [2.45, 2.75) is 46.0 Å². The van der Waals surface area contributed by atoms with E-state index >= 15 is 0 Å². The number of thiocarbonyl (C=S) groups is 1. The lowest BCUT2D eigenvalue weighted by atomic mass is 9.85. The van der Waals surface area contributed by atoms with Crippen molar-refractivity contribution in [3.05, 3.63) is 0 Å². The van der Waals surface area contributed by atoms with Gasteiger partial charge in [0.1, 0.15) is 0 Å². The third kappa shape index (κ3) is 3.02. The summed E-state index contributed by atoms with van der Waals surface area (Å²) in [5, 5.41) is 0. The van der Waals surface area contributed by atoms with Gasteiger partial charge in [-0.3, -0.25) is 4.79 Å². The van der Waals surface area contributed by atoms with Crippen LogP contribution in [-0.2, 0) is 4.79 Å². The van der Waals surface area contributed by atoms with Crippen molar-refractivity contribution in [3.8, 4) is 0 Å². The van der Waals surface area contributed by atoms with Crippen LogP contribution in [0.5, 0.6) is 0 Å². The zero-order chi connectivity index (χ0) is 13.3. The molecule has 2 aliphatic rings. The minimum atomic E-state index is -0.654. The molecule has 1 atom stereocenters. The van der Waals surface area contributed by atoms with E-state index in [0.717, 1.165) is 24.9 Å². The molecule has 2 fully saturated rings. The van der Waals surface area contributed by atoms with Crippen LogP contribution in [0.1, 0.15) is 46.0 Å². The van der Waals surface area contributed by atoms with Gasteiger partial charge in [0.2, 0.25) is 5.91 Å². The Morgan fingerprint density at radius 2 is 1.72 bits per heavy atom. The lowest BCUT2D eigenvalue weighted by molar-refractivity contribution is -0.138. The Morgan fingerprint density at radius 3 is 2.00 bits per heavy atom. The third-order valence-corrected chi connectivity index (χ3v) is 4.81. The summed E-state index contributed by atoms with van der Waals surface area (Å²) < 4.78 is 0. The van der Waals surface area contributed by atoms with E-state index in [2.05, 4.69) is 0 Å². The predicted octanol–water partition coefficient (Wildman–Crippen LogP) is 2.34. The van der Waals surface area contributed by atoms with Crippen LogP contribution in [0.25, 0.3) is 0 Å². The van der Waals surface area contributed by atoms with E-state index in [1.165, 1.54) is 25.7 Å². The first kappa shape index (κ1) is 13.8. The van der Waals surface area contributed by atoms with Crippen molar-refractivity contribution in [1.82, 2.24) is 4.90 Å². The molecule has 2 aliphatic carbocycles. The van der Waals surface area contributed by atoms with Crippen LogP contribution >= 0.6 is 12.2 Å². The van der Waals surface area contributed by atoms with Crippen LogP contribution in [0.2, 0.25) is 0 Å². The molecule has 0 bridgehead atoms. The second-order valence-corrected chi connectivity index (χ2v) is 6.59. The number of hydrogen-bond donors (Lipinski definition) is 1. The number of nitrogens with zero attached hydrogens (tertiary/aromatic N) is 1. The van der Waals surface area contributed by atoms with E-state index in [0.29, 0.717) is 11.4 Å². The minimum absolute atomic E-state index is 0.149. The fourth-order valence-electron chi connectivity index (χ4n) is 2.24. The van der Waals surface area contributed by atoms with Gasteiger partial charge in [-0.25, -0.2) is 0 Å². The molecule has 102 valence electrons. The van der Waals surface area contributed by atoms with E-state index < -0.39 is 5.41 Å². The van der Waals surface area contributed by atoms with Crippen molar-refractivity contribution >= 4 is 23.1 Å². The summed E-state index contributed by atoms with van der Waals surface area (Å²) >= 11 is 5.11. The highest BCUT2D eigenvalue weighted by Gasteiger charge is 2.41. The van der Waals surface area contributed by atoms with E-state index in [-0.39, 0.29) is 5.91 Å². The van der Waals surface area contributed by atoms with Gasteiger partial charge in [-0.15, -0.1) is 0 Å². The summed E-state index contributed by atoms with van der Waals surface area (Å²) in [5.74, 6) is 1.59. The quantitative estimate of drug-likeness (QED) is 0.721. The Hall–Kier alpha value is -0.640. The van der Waals surface area contributed by atoms with Gasteiger partial charge in [-0.2, -0.15) is 0 Å². The van der Waals surface area contributed by atoms with Crippen molar-refractivity contribution < 1.29 is 4.79 Å². The topological polar surface area (TPSA) is 46.3 Å². The van der Waals surface area contributed by atoms with E-state index in [9.17, 15) is 4.79 Å². The SMILES string of the molecule is CCC(C)(C(=O)N(CC1CC1)CC1CC1)C(N)=S. The summed E-state index contributed by atoms with van der Waals surface area (Å²) in [4.78, 5) is 15.1. The Labute approximate surface area is 115 Å². The number of carbonyl (C=O) groups is 1. The Balaban J connectivity index is 2.06. The second kappa shape index (κ2) is 5.16. The molecule has 0 aliphatic heterocycles. The Bertz CT molecular complexity index is 336. The van der Waals surface area contributed by atoms with E-state index in [1.54, 1.807) is 0 Å². The maximum absolute atomic E-state index is 12.7. The van der Waals surface area contributed by atoms with Crippen LogP contribution in [0.15, 0.2) is 0 Å². The molecule has 2 rings (SSSR count). The van der Waals surface area contributed by atoms with Crippen molar-refractivity contribution in [3.63, 3.8) is 0 Å². The van der Waals surface area contributed by atoms with Gasteiger partial charge in [-0.1, -0.05) is 19.1 Å². The maximum atomic E-state index is 12.7. The first-order valence-electron chi connectivity index (χ1n) is 7.06. The monoisotopic (exact) mass is 268 g/mol. The molecule has 4 heteroatoms. The number of amides is 1. The zero-order valence-corrected chi connectivity index (χ0v) is 12.3. The maximum Gasteiger partial charge on any atom is 0.235 e. The number of nitrogens with two attached hydrogens (primary N) is 1. The number of hydrogen-bond acceptors (Lipinski definition) is 2. The van der Waals surface area contributed by atoms with Crippen LogP contribution in [0, 0.1) is 17.3 Å². The molecule has 18 heavy (non-hydrogen) atoms. The molecule has 0 aromatic heterocycles. The minimum Gasteiger partial charge on any atom is -0.392 e. The fourth-order valence-corrected chi connectivity index (χ4v) is 2.48. The molecule has 0 radical (unpaired) electrons. The van der Waals surface area contributed by atoms with Crippen molar-refractivity contribution in [2.75, 3.05) is 13.1 Å². The van der Waals surface area contributed by atoms with Gasteiger partial charge < -0.3 is 10.6 Å². The fraction of sp³-hybridized carbons (Fsp3) is 0.857. The first-order valence-corrected chi connectivity index (χ1v) is 7.47. The van der Waals surface area contributed by atoms with Gasteiger partial charge in [0.15, 0.2) is 0 Å². The van der Waals surface area contributed by atoms with E-state index in [1.807, 2.05) is 18.7 Å². The summed E-state index contributed by atoms with van der Waals surface area (Å²) in [6.07, 6.45) is 5.76. The average Bonchev–Trinajstić information content (AvgIpc) is 3.20. The molecule has 0 heterocycles. The highest BCUT2D eigenvalue weighted by atomic mass is 32.1. The highest BCUT2D eigenvalue weighted by Crippen LogP contribution is 2.36. The van der Waals surface area contributed by atoms with Crippen LogP contribution in [0.3, 0.4) is 0 Å². The normalized spacial score (nSPS) is 22.3. The number of rotatable bonds is 7. The van der Waals surface area contributed by atoms with Gasteiger partial charge in [0.05, 0.1) is 10.4 Å². The molecule has 2 N–H and O–H groups in total.